The quantitative estimate of drug-likeness (QED) is 0.834. The van der Waals surface area contributed by atoms with Crippen LogP contribution in [0.2, 0.25) is 5.02 Å². The standard InChI is InChI=1S/C11H15ClN2O3/c1-3-17-11-9(12)4-8(5-13-11)10(16)14-7(2)6-15/h4-5,7,15H,3,6H2,1-2H3,(H,14,16). The highest BCUT2D eigenvalue weighted by molar-refractivity contribution is 6.32. The summed E-state index contributed by atoms with van der Waals surface area (Å²) in [5, 5.41) is 11.7. The largest absolute Gasteiger partial charge is 0.477 e. The third-order valence-electron chi connectivity index (χ3n) is 2.00. The van der Waals surface area contributed by atoms with E-state index < -0.39 is 0 Å². The molecule has 1 aromatic heterocycles. The zero-order chi connectivity index (χ0) is 12.8. The lowest BCUT2D eigenvalue weighted by Gasteiger charge is -2.11. The van der Waals surface area contributed by atoms with Crippen molar-refractivity contribution in [2.75, 3.05) is 13.2 Å². The fourth-order valence-electron chi connectivity index (χ4n) is 1.15. The lowest BCUT2D eigenvalue weighted by atomic mass is 10.2. The molecule has 0 saturated carbocycles. The summed E-state index contributed by atoms with van der Waals surface area (Å²) >= 11 is 5.91. The smallest absolute Gasteiger partial charge is 0.253 e. The molecule has 2 N–H and O–H groups in total. The van der Waals surface area contributed by atoms with Crippen LogP contribution in [0, 0.1) is 0 Å². The van der Waals surface area contributed by atoms with Crippen molar-refractivity contribution in [3.8, 4) is 5.88 Å². The predicted octanol–water partition coefficient (Wildman–Crippen LogP) is 1.24. The third kappa shape index (κ3) is 3.87. The molecule has 0 bridgehead atoms. The molecule has 0 fully saturated rings. The van der Waals surface area contributed by atoms with E-state index in [1.807, 2.05) is 6.92 Å². The number of hydrogen-bond acceptors (Lipinski definition) is 4. The zero-order valence-corrected chi connectivity index (χ0v) is 10.5. The Morgan fingerprint density at radius 3 is 2.94 bits per heavy atom. The van der Waals surface area contributed by atoms with Crippen LogP contribution >= 0.6 is 11.6 Å². The molecule has 0 saturated heterocycles. The van der Waals surface area contributed by atoms with Crippen LogP contribution in [0.1, 0.15) is 24.2 Å². The molecule has 0 aliphatic heterocycles. The van der Waals surface area contributed by atoms with Gasteiger partial charge in [-0.3, -0.25) is 4.79 Å². The molecule has 94 valence electrons. The summed E-state index contributed by atoms with van der Waals surface area (Å²) in [6, 6.07) is 1.17. The second-order valence-corrected chi connectivity index (χ2v) is 3.91. The van der Waals surface area contributed by atoms with Gasteiger partial charge in [-0.15, -0.1) is 0 Å². The highest BCUT2D eigenvalue weighted by Crippen LogP contribution is 2.22. The molecular formula is C11H15ClN2O3. The van der Waals surface area contributed by atoms with Crippen molar-refractivity contribution in [2.45, 2.75) is 19.9 Å². The van der Waals surface area contributed by atoms with Crippen LogP contribution < -0.4 is 10.1 Å². The first-order valence-corrected chi connectivity index (χ1v) is 5.66. The molecule has 1 unspecified atom stereocenters. The highest BCUT2D eigenvalue weighted by Gasteiger charge is 2.12. The first kappa shape index (κ1) is 13.7. The Kier molecular flexibility index (Phi) is 5.18. The van der Waals surface area contributed by atoms with Gasteiger partial charge in [0.25, 0.3) is 5.91 Å². The number of rotatable bonds is 5. The first-order valence-electron chi connectivity index (χ1n) is 5.28. The average molecular weight is 259 g/mol. The Morgan fingerprint density at radius 1 is 1.71 bits per heavy atom. The Balaban J connectivity index is 2.79. The monoisotopic (exact) mass is 258 g/mol. The average Bonchev–Trinajstić information content (AvgIpc) is 2.31. The summed E-state index contributed by atoms with van der Waals surface area (Å²) in [4.78, 5) is 15.6. The predicted molar refractivity (Wildman–Crippen MR) is 64.4 cm³/mol. The van der Waals surface area contributed by atoms with Crippen LogP contribution in [-0.4, -0.2) is 35.3 Å². The number of aromatic nitrogens is 1. The number of aliphatic hydroxyl groups excluding tert-OH is 1. The number of ether oxygens (including phenoxy) is 1. The maximum Gasteiger partial charge on any atom is 0.253 e. The molecule has 0 aliphatic rings. The second-order valence-electron chi connectivity index (χ2n) is 3.50. The normalized spacial score (nSPS) is 12.0. The van der Waals surface area contributed by atoms with Gasteiger partial charge < -0.3 is 15.2 Å². The topological polar surface area (TPSA) is 71.5 Å². The van der Waals surface area contributed by atoms with Gasteiger partial charge in [0.05, 0.1) is 18.8 Å². The van der Waals surface area contributed by atoms with Gasteiger partial charge in [0.15, 0.2) is 0 Å². The fourth-order valence-corrected chi connectivity index (χ4v) is 1.37. The fraction of sp³-hybridized carbons (Fsp3) is 0.455. The highest BCUT2D eigenvalue weighted by atomic mass is 35.5. The van der Waals surface area contributed by atoms with E-state index in [-0.39, 0.29) is 23.6 Å². The number of carbonyl (C=O) groups excluding carboxylic acids is 1. The summed E-state index contributed by atoms with van der Waals surface area (Å²) in [5.41, 5.74) is 0.332. The number of aliphatic hydroxyl groups is 1. The SMILES string of the molecule is CCOc1ncc(C(=O)NC(C)CO)cc1Cl. The van der Waals surface area contributed by atoms with E-state index in [1.165, 1.54) is 12.3 Å². The number of carbonyl (C=O) groups is 1. The van der Waals surface area contributed by atoms with Gasteiger partial charge >= 0.3 is 0 Å². The second kappa shape index (κ2) is 6.42. The van der Waals surface area contributed by atoms with Crippen LogP contribution in [0.3, 0.4) is 0 Å². The number of nitrogens with zero attached hydrogens (tertiary/aromatic N) is 1. The lowest BCUT2D eigenvalue weighted by Crippen LogP contribution is -2.35. The molecule has 0 aromatic carbocycles. The van der Waals surface area contributed by atoms with E-state index in [2.05, 4.69) is 10.3 Å². The van der Waals surface area contributed by atoms with Gasteiger partial charge in [0.1, 0.15) is 5.02 Å². The minimum atomic E-state index is -0.330. The number of amides is 1. The van der Waals surface area contributed by atoms with Crippen molar-refractivity contribution in [3.63, 3.8) is 0 Å². The van der Waals surface area contributed by atoms with E-state index in [1.54, 1.807) is 6.92 Å². The molecule has 6 heteroatoms. The Hall–Kier alpha value is -1.33. The summed E-state index contributed by atoms with van der Waals surface area (Å²) in [6.45, 7) is 3.85. The molecular weight excluding hydrogens is 244 g/mol. The molecule has 0 radical (unpaired) electrons. The number of pyridine rings is 1. The molecule has 1 aromatic rings. The Labute approximate surface area is 105 Å². The molecule has 1 rings (SSSR count). The minimum Gasteiger partial charge on any atom is -0.477 e. The van der Waals surface area contributed by atoms with Crippen LogP contribution in [0.4, 0.5) is 0 Å². The summed E-state index contributed by atoms with van der Waals surface area (Å²) in [6.07, 6.45) is 1.39. The van der Waals surface area contributed by atoms with E-state index in [0.29, 0.717) is 18.1 Å². The van der Waals surface area contributed by atoms with E-state index in [4.69, 9.17) is 21.4 Å². The lowest BCUT2D eigenvalue weighted by molar-refractivity contribution is 0.0922. The van der Waals surface area contributed by atoms with Gasteiger partial charge in [-0.2, -0.15) is 0 Å². The number of halogens is 1. The van der Waals surface area contributed by atoms with Crippen molar-refractivity contribution >= 4 is 17.5 Å². The molecule has 0 spiro atoms. The van der Waals surface area contributed by atoms with Crippen molar-refractivity contribution in [1.82, 2.24) is 10.3 Å². The van der Waals surface area contributed by atoms with E-state index in [9.17, 15) is 4.79 Å². The third-order valence-corrected chi connectivity index (χ3v) is 2.27. The Bertz CT molecular complexity index is 398. The van der Waals surface area contributed by atoms with Crippen LogP contribution in [0.5, 0.6) is 5.88 Å². The van der Waals surface area contributed by atoms with Gasteiger partial charge in [-0.25, -0.2) is 4.98 Å². The zero-order valence-electron chi connectivity index (χ0n) is 9.74. The van der Waals surface area contributed by atoms with Gasteiger partial charge in [0.2, 0.25) is 5.88 Å². The van der Waals surface area contributed by atoms with Crippen LogP contribution in [-0.2, 0) is 0 Å². The van der Waals surface area contributed by atoms with E-state index >= 15 is 0 Å². The van der Waals surface area contributed by atoms with Crippen molar-refractivity contribution in [2.24, 2.45) is 0 Å². The molecule has 1 atom stereocenters. The summed E-state index contributed by atoms with van der Waals surface area (Å²) in [5.74, 6) is -0.0232. The molecule has 5 nitrogen and oxygen atoms in total. The van der Waals surface area contributed by atoms with Crippen LogP contribution in [0.25, 0.3) is 0 Å². The van der Waals surface area contributed by atoms with E-state index in [0.717, 1.165) is 0 Å². The molecule has 1 heterocycles. The van der Waals surface area contributed by atoms with Gasteiger partial charge in [-0.1, -0.05) is 11.6 Å². The summed E-state index contributed by atoms with van der Waals surface area (Å²) < 4.78 is 5.16. The molecule has 0 aliphatic carbocycles. The van der Waals surface area contributed by atoms with Crippen LogP contribution in [0.15, 0.2) is 12.3 Å². The molecule has 1 amide bonds. The Morgan fingerprint density at radius 2 is 2.41 bits per heavy atom. The first-order chi connectivity index (χ1) is 8.08. The minimum absolute atomic E-state index is 0.121. The van der Waals surface area contributed by atoms with Crippen molar-refractivity contribution < 1.29 is 14.6 Å². The van der Waals surface area contributed by atoms with Gasteiger partial charge in [0, 0.05) is 12.2 Å². The summed E-state index contributed by atoms with van der Waals surface area (Å²) in [7, 11) is 0. The van der Waals surface area contributed by atoms with Crippen molar-refractivity contribution in [1.29, 1.82) is 0 Å². The van der Waals surface area contributed by atoms with Gasteiger partial charge in [-0.05, 0) is 19.9 Å². The number of nitrogens with one attached hydrogen (secondary N) is 1. The molecule has 17 heavy (non-hydrogen) atoms. The number of hydrogen-bond donors (Lipinski definition) is 2. The maximum absolute atomic E-state index is 11.7. The maximum atomic E-state index is 11.7. The van der Waals surface area contributed by atoms with Crippen molar-refractivity contribution in [3.05, 3.63) is 22.8 Å².